The van der Waals surface area contributed by atoms with E-state index in [0.29, 0.717) is 0 Å². The first-order chi connectivity index (χ1) is 8.50. The Morgan fingerprint density at radius 1 is 0.889 bits per heavy atom. The molecule has 0 N–H and O–H groups in total. The van der Waals surface area contributed by atoms with Gasteiger partial charge in [-0.2, -0.15) is 5.26 Å². The van der Waals surface area contributed by atoms with Crippen LogP contribution in [-0.2, 0) is 5.41 Å². The molecule has 0 radical (unpaired) electrons. The monoisotopic (exact) mass is 235 g/mol. The van der Waals surface area contributed by atoms with Gasteiger partial charge in [-0.1, -0.05) is 57.2 Å². The maximum atomic E-state index is 9.15. The van der Waals surface area contributed by atoms with Crippen molar-refractivity contribution in [3.63, 3.8) is 0 Å². The fraction of sp³-hybridized carbons (Fsp3) is 0.235. The van der Waals surface area contributed by atoms with Gasteiger partial charge in [0.25, 0.3) is 0 Å². The molecule has 0 fully saturated rings. The summed E-state index contributed by atoms with van der Waals surface area (Å²) in [6.07, 6.45) is 0. The smallest absolute Gasteiger partial charge is 0.0991 e. The molecule has 0 unspecified atom stereocenters. The summed E-state index contributed by atoms with van der Waals surface area (Å²) in [6.45, 7) is 6.49. The van der Waals surface area contributed by atoms with Crippen LogP contribution in [0.3, 0.4) is 0 Å². The Morgan fingerprint density at radius 3 is 2.11 bits per heavy atom. The number of benzene rings is 2. The fourth-order valence-electron chi connectivity index (χ4n) is 1.92. The van der Waals surface area contributed by atoms with Crippen LogP contribution in [-0.4, -0.2) is 0 Å². The van der Waals surface area contributed by atoms with Gasteiger partial charge >= 0.3 is 0 Å². The third-order valence-electron chi connectivity index (χ3n) is 3.04. The molecule has 1 heteroatoms. The molecule has 2 aromatic rings. The van der Waals surface area contributed by atoms with Gasteiger partial charge in [0.05, 0.1) is 11.6 Å². The van der Waals surface area contributed by atoms with E-state index in [9.17, 15) is 0 Å². The van der Waals surface area contributed by atoms with Gasteiger partial charge in [-0.15, -0.1) is 0 Å². The average molecular weight is 235 g/mol. The molecular weight excluding hydrogens is 218 g/mol. The molecule has 2 aromatic carbocycles. The molecule has 0 saturated carbocycles. The predicted octanol–water partition coefficient (Wildman–Crippen LogP) is 4.52. The minimum Gasteiger partial charge on any atom is -0.192 e. The number of rotatable bonds is 1. The number of hydrogen-bond acceptors (Lipinski definition) is 1. The zero-order valence-corrected chi connectivity index (χ0v) is 11.1. The van der Waals surface area contributed by atoms with E-state index >= 15 is 0 Å². The molecule has 0 heterocycles. The molecule has 0 aliphatic carbocycles. The van der Waals surface area contributed by atoms with Crippen molar-refractivity contribution < 1.29 is 0 Å². The maximum absolute atomic E-state index is 9.15. The summed E-state index contributed by atoms with van der Waals surface area (Å²) < 4.78 is 0. The first kappa shape index (κ1) is 12.4. The molecule has 0 aliphatic rings. The van der Waals surface area contributed by atoms with E-state index in [-0.39, 0.29) is 5.41 Å². The standard InChI is InChI=1S/C17H17N/c1-17(2,3)16-10-13(12-18)9-15(11-16)14-7-5-4-6-8-14/h4-11H,1-3H3. The molecule has 1 nitrogen and oxygen atoms in total. The summed E-state index contributed by atoms with van der Waals surface area (Å²) in [5.41, 5.74) is 4.23. The van der Waals surface area contributed by atoms with Gasteiger partial charge in [-0.25, -0.2) is 0 Å². The fourth-order valence-corrected chi connectivity index (χ4v) is 1.92. The molecule has 0 spiro atoms. The molecule has 0 atom stereocenters. The Labute approximate surface area is 109 Å². The predicted molar refractivity (Wildman–Crippen MR) is 75.3 cm³/mol. The number of nitrogens with zero attached hydrogens (tertiary/aromatic N) is 1. The SMILES string of the molecule is CC(C)(C)c1cc(C#N)cc(-c2ccccc2)c1. The highest BCUT2D eigenvalue weighted by molar-refractivity contribution is 5.66. The van der Waals surface area contributed by atoms with Crippen LogP contribution in [0.15, 0.2) is 48.5 Å². The van der Waals surface area contributed by atoms with Crippen molar-refractivity contribution in [1.29, 1.82) is 5.26 Å². The maximum Gasteiger partial charge on any atom is 0.0991 e. The van der Waals surface area contributed by atoms with E-state index in [0.717, 1.165) is 16.7 Å². The first-order valence-corrected chi connectivity index (χ1v) is 6.12. The van der Waals surface area contributed by atoms with Crippen molar-refractivity contribution in [2.75, 3.05) is 0 Å². The van der Waals surface area contributed by atoms with Gasteiger partial charge in [-0.3, -0.25) is 0 Å². The Kier molecular flexibility index (Phi) is 3.21. The molecular formula is C17H17N. The molecule has 0 bridgehead atoms. The largest absolute Gasteiger partial charge is 0.192 e. The van der Waals surface area contributed by atoms with Crippen molar-refractivity contribution in [1.82, 2.24) is 0 Å². The lowest BCUT2D eigenvalue weighted by Gasteiger charge is -2.20. The van der Waals surface area contributed by atoms with Crippen molar-refractivity contribution in [3.05, 3.63) is 59.7 Å². The minimum atomic E-state index is 0.0520. The Bertz CT molecular complexity index is 583. The Morgan fingerprint density at radius 2 is 1.56 bits per heavy atom. The van der Waals surface area contributed by atoms with Crippen molar-refractivity contribution in [3.8, 4) is 17.2 Å². The van der Waals surface area contributed by atoms with Gasteiger partial charge in [0, 0.05) is 0 Å². The molecule has 0 aromatic heterocycles. The van der Waals surface area contributed by atoms with Crippen LogP contribution in [0.1, 0.15) is 31.9 Å². The summed E-state index contributed by atoms with van der Waals surface area (Å²) in [5, 5.41) is 9.15. The van der Waals surface area contributed by atoms with Gasteiger partial charge in [0.2, 0.25) is 0 Å². The van der Waals surface area contributed by atoms with Crippen molar-refractivity contribution in [2.45, 2.75) is 26.2 Å². The van der Waals surface area contributed by atoms with E-state index in [4.69, 9.17) is 5.26 Å². The summed E-state index contributed by atoms with van der Waals surface area (Å²) in [4.78, 5) is 0. The zero-order chi connectivity index (χ0) is 13.2. The second kappa shape index (κ2) is 4.66. The Balaban J connectivity index is 2.60. The summed E-state index contributed by atoms with van der Waals surface area (Å²) in [5.74, 6) is 0. The zero-order valence-electron chi connectivity index (χ0n) is 11.1. The molecule has 2 rings (SSSR count). The molecule has 18 heavy (non-hydrogen) atoms. The molecule has 0 aliphatic heterocycles. The van der Waals surface area contributed by atoms with Gasteiger partial charge < -0.3 is 0 Å². The highest BCUT2D eigenvalue weighted by Crippen LogP contribution is 2.29. The third kappa shape index (κ3) is 2.60. The second-order valence-corrected chi connectivity index (χ2v) is 5.53. The molecule has 90 valence electrons. The first-order valence-electron chi connectivity index (χ1n) is 6.12. The minimum absolute atomic E-state index is 0.0520. The Hall–Kier alpha value is -2.07. The van der Waals surface area contributed by atoms with E-state index in [1.165, 1.54) is 5.56 Å². The van der Waals surface area contributed by atoms with Gasteiger partial charge in [0.15, 0.2) is 0 Å². The van der Waals surface area contributed by atoms with E-state index in [2.05, 4.69) is 45.0 Å². The lowest BCUT2D eigenvalue weighted by atomic mass is 9.84. The van der Waals surface area contributed by atoms with Gasteiger partial charge in [0.1, 0.15) is 0 Å². The van der Waals surface area contributed by atoms with Crippen LogP contribution in [0.4, 0.5) is 0 Å². The van der Waals surface area contributed by atoms with E-state index < -0.39 is 0 Å². The summed E-state index contributed by atoms with van der Waals surface area (Å²) in [7, 11) is 0. The van der Waals surface area contributed by atoms with Gasteiger partial charge in [-0.05, 0) is 34.2 Å². The van der Waals surface area contributed by atoms with E-state index in [1.807, 2.05) is 30.3 Å². The van der Waals surface area contributed by atoms with Crippen molar-refractivity contribution >= 4 is 0 Å². The number of hydrogen-bond donors (Lipinski definition) is 0. The van der Waals surface area contributed by atoms with Crippen LogP contribution in [0, 0.1) is 11.3 Å². The highest BCUT2D eigenvalue weighted by atomic mass is 14.3. The summed E-state index contributed by atoms with van der Waals surface area (Å²) >= 11 is 0. The van der Waals surface area contributed by atoms with Crippen molar-refractivity contribution in [2.24, 2.45) is 0 Å². The van der Waals surface area contributed by atoms with Crippen LogP contribution >= 0.6 is 0 Å². The second-order valence-electron chi connectivity index (χ2n) is 5.53. The quantitative estimate of drug-likeness (QED) is 0.712. The van der Waals surface area contributed by atoms with Crippen LogP contribution in [0.25, 0.3) is 11.1 Å². The normalized spacial score (nSPS) is 11.0. The average Bonchev–Trinajstić information content (AvgIpc) is 2.38. The lowest BCUT2D eigenvalue weighted by Crippen LogP contribution is -2.11. The topological polar surface area (TPSA) is 23.8 Å². The van der Waals surface area contributed by atoms with Crippen LogP contribution < -0.4 is 0 Å². The summed E-state index contributed by atoms with van der Waals surface area (Å²) in [6, 6.07) is 18.5. The lowest BCUT2D eigenvalue weighted by molar-refractivity contribution is 0.590. The van der Waals surface area contributed by atoms with Crippen LogP contribution in [0.2, 0.25) is 0 Å². The number of nitriles is 1. The molecule has 0 amide bonds. The van der Waals surface area contributed by atoms with Crippen LogP contribution in [0.5, 0.6) is 0 Å². The van der Waals surface area contributed by atoms with E-state index in [1.54, 1.807) is 0 Å². The third-order valence-corrected chi connectivity index (χ3v) is 3.04. The molecule has 0 saturated heterocycles. The highest BCUT2D eigenvalue weighted by Gasteiger charge is 2.15.